The van der Waals surface area contributed by atoms with Crippen LogP contribution in [-0.2, 0) is 32.7 Å². The second-order valence-electron chi connectivity index (χ2n) is 24.1. The van der Waals surface area contributed by atoms with Gasteiger partial charge in [0.1, 0.15) is 6.61 Å². The number of nitrogens with two attached hydrogens (primary N) is 1. The Morgan fingerprint density at radius 2 is 0.642 bits per heavy atom. The van der Waals surface area contributed by atoms with Crippen LogP contribution in [0.15, 0.2) is 36.5 Å². The maximum Gasteiger partial charge on any atom is 0.472 e. The summed E-state index contributed by atoms with van der Waals surface area (Å²) in [5.74, 6) is -0.805. The van der Waals surface area contributed by atoms with Crippen LogP contribution < -0.4 is 5.73 Å². The van der Waals surface area contributed by atoms with Crippen LogP contribution in [-0.4, -0.2) is 49.3 Å². The number of rotatable bonds is 68. The molecule has 0 aromatic rings. The van der Waals surface area contributed by atoms with Crippen LogP contribution in [0.25, 0.3) is 0 Å². The molecule has 0 spiro atoms. The van der Waals surface area contributed by atoms with E-state index < -0.39 is 26.5 Å². The zero-order valence-electron chi connectivity index (χ0n) is 53.8. The molecule has 0 bridgehead atoms. The third-order valence-electron chi connectivity index (χ3n) is 16.0. The third kappa shape index (κ3) is 67.2. The first-order chi connectivity index (χ1) is 39.8. The third-order valence-corrected chi connectivity index (χ3v) is 17.0. The van der Waals surface area contributed by atoms with Crippen molar-refractivity contribution in [3.05, 3.63) is 36.5 Å². The zero-order chi connectivity index (χ0) is 58.7. The largest absolute Gasteiger partial charge is 0.472 e. The Bertz CT molecular complexity index is 1420. The van der Waals surface area contributed by atoms with Crippen molar-refractivity contribution >= 4 is 19.8 Å². The van der Waals surface area contributed by atoms with Crippen LogP contribution in [0.3, 0.4) is 0 Å². The number of hydrogen-bond acceptors (Lipinski definition) is 8. The summed E-state index contributed by atoms with van der Waals surface area (Å²) in [5, 5.41) is 0. The van der Waals surface area contributed by atoms with E-state index in [1.54, 1.807) is 0 Å². The van der Waals surface area contributed by atoms with Gasteiger partial charge in [0.05, 0.1) is 13.2 Å². The monoisotopic (exact) mass is 1160 g/mol. The van der Waals surface area contributed by atoms with Gasteiger partial charge in [-0.2, -0.15) is 0 Å². The number of hydrogen-bond donors (Lipinski definition) is 2. The minimum atomic E-state index is -4.39. The molecule has 478 valence electrons. The Hall–Kier alpha value is -1.77. The lowest BCUT2D eigenvalue weighted by molar-refractivity contribution is -0.161. The molecule has 9 nitrogen and oxygen atoms in total. The summed E-state index contributed by atoms with van der Waals surface area (Å²) < 4.78 is 33.2. The van der Waals surface area contributed by atoms with Gasteiger partial charge in [0.15, 0.2) is 6.10 Å². The van der Waals surface area contributed by atoms with Gasteiger partial charge in [-0.25, -0.2) is 4.57 Å². The summed E-state index contributed by atoms with van der Waals surface area (Å²) >= 11 is 0. The van der Waals surface area contributed by atoms with Crippen molar-refractivity contribution < 1.29 is 37.6 Å². The molecule has 3 N–H and O–H groups in total. The van der Waals surface area contributed by atoms with Gasteiger partial charge < -0.3 is 20.1 Å². The Morgan fingerprint density at radius 3 is 0.951 bits per heavy atom. The van der Waals surface area contributed by atoms with E-state index in [0.717, 1.165) is 38.5 Å². The van der Waals surface area contributed by atoms with E-state index in [1.807, 2.05) is 0 Å². The SMILES string of the molecule is CCCCCCC/C=C\C/C=C\CCCCCCCCCCCCCCCCCCCCCC(=O)OC(COC(=O)CCCCCCCCCCCCCCCCCCC/C=C\CCCCCCCCCC)COP(=O)(O)OCCN. The molecule has 81 heavy (non-hydrogen) atoms. The van der Waals surface area contributed by atoms with Gasteiger partial charge in [-0.05, 0) is 70.6 Å². The number of phosphoric acid groups is 1. The van der Waals surface area contributed by atoms with Crippen LogP contribution in [0.4, 0.5) is 0 Å². The number of ether oxygens (including phenoxy) is 2. The molecule has 0 aliphatic carbocycles. The van der Waals surface area contributed by atoms with Crippen LogP contribution in [0.5, 0.6) is 0 Å². The van der Waals surface area contributed by atoms with Crippen molar-refractivity contribution in [1.29, 1.82) is 0 Å². The predicted octanol–water partition coefficient (Wildman–Crippen LogP) is 23.1. The lowest BCUT2D eigenvalue weighted by Gasteiger charge is -2.19. The normalized spacial score (nSPS) is 13.1. The van der Waals surface area contributed by atoms with Gasteiger partial charge in [-0.1, -0.05) is 326 Å². The van der Waals surface area contributed by atoms with Crippen LogP contribution in [0, 0.1) is 0 Å². The fourth-order valence-corrected chi connectivity index (χ4v) is 11.5. The number of carbonyl (C=O) groups excluding carboxylic acids is 2. The Kier molecular flexibility index (Phi) is 65.9. The van der Waals surface area contributed by atoms with Crippen molar-refractivity contribution in [2.75, 3.05) is 26.4 Å². The Morgan fingerprint density at radius 1 is 0.370 bits per heavy atom. The van der Waals surface area contributed by atoms with Crippen LogP contribution >= 0.6 is 7.82 Å². The van der Waals surface area contributed by atoms with Crippen molar-refractivity contribution in [1.82, 2.24) is 0 Å². The lowest BCUT2D eigenvalue weighted by Crippen LogP contribution is -2.29. The smallest absolute Gasteiger partial charge is 0.462 e. The van der Waals surface area contributed by atoms with Crippen molar-refractivity contribution in [2.45, 2.75) is 380 Å². The van der Waals surface area contributed by atoms with Crippen molar-refractivity contribution in [3.63, 3.8) is 0 Å². The predicted molar refractivity (Wildman–Crippen MR) is 349 cm³/mol. The first kappa shape index (κ1) is 79.2. The molecule has 0 saturated carbocycles. The van der Waals surface area contributed by atoms with E-state index in [2.05, 4.69) is 50.3 Å². The summed E-state index contributed by atoms with van der Waals surface area (Å²) in [6.07, 6.45) is 83.9. The summed E-state index contributed by atoms with van der Waals surface area (Å²) in [5.41, 5.74) is 5.40. The number of allylic oxidation sites excluding steroid dienone is 6. The summed E-state index contributed by atoms with van der Waals surface area (Å²) in [6.45, 7) is 3.81. The van der Waals surface area contributed by atoms with Gasteiger partial charge >= 0.3 is 19.8 Å². The topological polar surface area (TPSA) is 134 Å². The van der Waals surface area contributed by atoms with Gasteiger partial charge in [0, 0.05) is 19.4 Å². The maximum atomic E-state index is 12.8. The number of carbonyl (C=O) groups is 2. The van der Waals surface area contributed by atoms with E-state index in [1.165, 1.54) is 302 Å². The number of unbranched alkanes of at least 4 members (excludes halogenated alkanes) is 49. The van der Waals surface area contributed by atoms with Gasteiger partial charge in [-0.15, -0.1) is 0 Å². The fraction of sp³-hybridized carbons (Fsp3) is 0.887. The molecular weight excluding hydrogens is 1030 g/mol. The second kappa shape index (κ2) is 67.4. The maximum absolute atomic E-state index is 12.8. The minimum Gasteiger partial charge on any atom is -0.462 e. The quantitative estimate of drug-likeness (QED) is 0.0264. The minimum absolute atomic E-state index is 0.0560. The number of esters is 2. The molecule has 0 aliphatic rings. The lowest BCUT2D eigenvalue weighted by atomic mass is 10.0. The Labute approximate surface area is 503 Å². The van der Waals surface area contributed by atoms with E-state index in [9.17, 15) is 19.0 Å². The standard InChI is InChI=1S/C71H136NO8P/c1-3-5-7-9-11-13-15-17-19-21-23-25-27-29-31-33-34-36-38-40-42-44-46-48-50-52-54-56-58-60-62-64-71(74)80-69(68-79-81(75,76)78-66-65-72)67-77-70(73)63-61-59-57-55-53-51-49-47-45-43-41-39-37-35-32-30-28-26-24-22-20-18-16-14-12-10-8-6-4-2/h15,17,21-24,69H,3-14,16,18-20,25-68,72H2,1-2H3,(H,75,76)/b17-15-,23-21-,24-22-. The van der Waals surface area contributed by atoms with Crippen LogP contribution in [0.2, 0.25) is 0 Å². The molecule has 2 atom stereocenters. The van der Waals surface area contributed by atoms with Gasteiger partial charge in [0.2, 0.25) is 0 Å². The van der Waals surface area contributed by atoms with Gasteiger partial charge in [0.25, 0.3) is 0 Å². The Balaban J connectivity index is 3.82. The highest BCUT2D eigenvalue weighted by Gasteiger charge is 2.26. The molecule has 0 heterocycles. The highest BCUT2D eigenvalue weighted by atomic mass is 31.2. The van der Waals surface area contributed by atoms with E-state index >= 15 is 0 Å². The molecule has 0 fully saturated rings. The van der Waals surface area contributed by atoms with E-state index in [4.69, 9.17) is 24.3 Å². The molecule has 0 aromatic heterocycles. The molecule has 0 radical (unpaired) electrons. The average molecular weight is 1160 g/mol. The highest BCUT2D eigenvalue weighted by Crippen LogP contribution is 2.43. The molecule has 0 saturated heterocycles. The average Bonchev–Trinajstić information content (AvgIpc) is 3.46. The molecule has 2 unspecified atom stereocenters. The first-order valence-electron chi connectivity index (χ1n) is 35.5. The summed E-state index contributed by atoms with van der Waals surface area (Å²) in [4.78, 5) is 35.4. The molecule has 0 aliphatic heterocycles. The summed E-state index contributed by atoms with van der Waals surface area (Å²) in [7, 11) is -4.39. The molecule has 0 aromatic carbocycles. The fourth-order valence-electron chi connectivity index (χ4n) is 10.7. The molecule has 10 heteroatoms. The number of phosphoric ester groups is 1. The van der Waals surface area contributed by atoms with Crippen molar-refractivity contribution in [3.8, 4) is 0 Å². The zero-order valence-corrected chi connectivity index (χ0v) is 54.7. The molecular formula is C71H136NO8P. The van der Waals surface area contributed by atoms with Gasteiger partial charge in [-0.3, -0.25) is 18.6 Å². The first-order valence-corrected chi connectivity index (χ1v) is 37.0. The van der Waals surface area contributed by atoms with Crippen LogP contribution in [0.1, 0.15) is 373 Å². The molecule has 0 rings (SSSR count). The van der Waals surface area contributed by atoms with E-state index in [-0.39, 0.29) is 38.6 Å². The highest BCUT2D eigenvalue weighted by molar-refractivity contribution is 7.47. The molecule has 0 amide bonds. The summed E-state index contributed by atoms with van der Waals surface area (Å²) in [6, 6.07) is 0. The second-order valence-corrected chi connectivity index (χ2v) is 25.6. The van der Waals surface area contributed by atoms with Crippen molar-refractivity contribution in [2.24, 2.45) is 5.73 Å². The van der Waals surface area contributed by atoms with E-state index in [0.29, 0.717) is 6.42 Å².